The number of hydrogen-bond donors (Lipinski definition) is 0. The number of carbonyl (C=O) groups excluding carboxylic acids is 1. The van der Waals surface area contributed by atoms with Crippen LogP contribution in [0.5, 0.6) is 0 Å². The predicted molar refractivity (Wildman–Crippen MR) is 65.2 cm³/mol. The molecule has 0 aliphatic carbocycles. The first kappa shape index (κ1) is 11.9. The van der Waals surface area contributed by atoms with Crippen LogP contribution in [-0.4, -0.2) is 5.78 Å². The van der Waals surface area contributed by atoms with Crippen LogP contribution >= 0.6 is 27.3 Å². The molecule has 0 bridgehead atoms. The van der Waals surface area contributed by atoms with Crippen LogP contribution < -0.4 is 0 Å². The zero-order chi connectivity index (χ0) is 10.7. The van der Waals surface area contributed by atoms with Crippen molar-refractivity contribution in [1.29, 1.82) is 0 Å². The van der Waals surface area contributed by atoms with E-state index in [0.29, 0.717) is 12.3 Å². The third kappa shape index (κ3) is 3.21. The average Bonchev–Trinajstić information content (AvgIpc) is 2.43. The first-order chi connectivity index (χ1) is 6.50. The van der Waals surface area contributed by atoms with Crippen LogP contribution in [0.25, 0.3) is 0 Å². The van der Waals surface area contributed by atoms with Crippen molar-refractivity contribution in [3.63, 3.8) is 0 Å². The Morgan fingerprint density at radius 2 is 2.21 bits per heavy atom. The SMILES string of the molecule is Cc1sc(C(=O)CCC(C)C)cc1Br. The van der Waals surface area contributed by atoms with E-state index in [2.05, 4.69) is 29.8 Å². The lowest BCUT2D eigenvalue weighted by Gasteiger charge is -2.01. The summed E-state index contributed by atoms with van der Waals surface area (Å²) in [6, 6.07) is 1.93. The van der Waals surface area contributed by atoms with Gasteiger partial charge in [0, 0.05) is 15.8 Å². The Labute approximate surface area is 97.7 Å². The second-order valence-corrected chi connectivity index (χ2v) is 5.98. The van der Waals surface area contributed by atoms with E-state index in [1.54, 1.807) is 11.3 Å². The summed E-state index contributed by atoms with van der Waals surface area (Å²) in [5.41, 5.74) is 0. The van der Waals surface area contributed by atoms with Gasteiger partial charge < -0.3 is 0 Å². The number of ketones is 1. The van der Waals surface area contributed by atoms with Gasteiger partial charge in [-0.15, -0.1) is 11.3 Å². The lowest BCUT2D eigenvalue weighted by molar-refractivity contribution is 0.0979. The van der Waals surface area contributed by atoms with Crippen molar-refractivity contribution >= 4 is 33.0 Å². The highest BCUT2D eigenvalue weighted by molar-refractivity contribution is 9.10. The quantitative estimate of drug-likeness (QED) is 0.742. The number of hydrogen-bond acceptors (Lipinski definition) is 2. The van der Waals surface area contributed by atoms with Crippen LogP contribution in [0.3, 0.4) is 0 Å². The molecule has 1 aromatic rings. The molecule has 0 saturated carbocycles. The molecule has 0 aliphatic heterocycles. The number of halogens is 1. The van der Waals surface area contributed by atoms with Crippen LogP contribution in [0.1, 0.15) is 41.2 Å². The smallest absolute Gasteiger partial charge is 0.172 e. The van der Waals surface area contributed by atoms with Crippen LogP contribution in [-0.2, 0) is 0 Å². The normalized spacial score (nSPS) is 10.9. The topological polar surface area (TPSA) is 17.1 Å². The molecule has 1 nitrogen and oxygen atoms in total. The average molecular weight is 275 g/mol. The minimum Gasteiger partial charge on any atom is -0.293 e. The fourth-order valence-electron chi connectivity index (χ4n) is 1.14. The van der Waals surface area contributed by atoms with E-state index in [1.807, 2.05) is 13.0 Å². The van der Waals surface area contributed by atoms with Gasteiger partial charge in [0.25, 0.3) is 0 Å². The van der Waals surface area contributed by atoms with Gasteiger partial charge in [-0.05, 0) is 41.3 Å². The van der Waals surface area contributed by atoms with Gasteiger partial charge >= 0.3 is 0 Å². The number of aryl methyl sites for hydroxylation is 1. The van der Waals surface area contributed by atoms with Crippen LogP contribution in [0.2, 0.25) is 0 Å². The maximum absolute atomic E-state index is 11.7. The molecule has 0 atom stereocenters. The lowest BCUT2D eigenvalue weighted by atomic mass is 10.1. The van der Waals surface area contributed by atoms with Crippen molar-refractivity contribution in [2.24, 2.45) is 5.92 Å². The van der Waals surface area contributed by atoms with Gasteiger partial charge in [0.05, 0.1) is 4.88 Å². The summed E-state index contributed by atoms with van der Waals surface area (Å²) < 4.78 is 1.05. The van der Waals surface area contributed by atoms with Gasteiger partial charge in [-0.2, -0.15) is 0 Å². The Balaban J connectivity index is 2.61. The van der Waals surface area contributed by atoms with Crippen molar-refractivity contribution in [3.8, 4) is 0 Å². The van der Waals surface area contributed by atoms with E-state index in [-0.39, 0.29) is 5.78 Å². The first-order valence-corrected chi connectivity index (χ1v) is 6.40. The molecule has 3 heteroatoms. The molecule has 0 aromatic carbocycles. The Morgan fingerprint density at radius 3 is 2.64 bits per heavy atom. The summed E-state index contributed by atoms with van der Waals surface area (Å²) in [7, 11) is 0. The van der Waals surface area contributed by atoms with Crippen molar-refractivity contribution in [2.75, 3.05) is 0 Å². The Hall–Kier alpha value is -0.150. The van der Waals surface area contributed by atoms with Gasteiger partial charge in [-0.1, -0.05) is 13.8 Å². The highest BCUT2D eigenvalue weighted by Gasteiger charge is 2.11. The standard InChI is InChI=1S/C11H15BrOS/c1-7(2)4-5-10(13)11-6-9(12)8(3)14-11/h6-7H,4-5H2,1-3H3. The number of rotatable bonds is 4. The molecule has 0 N–H and O–H groups in total. The van der Waals surface area contributed by atoms with E-state index in [1.165, 1.54) is 4.88 Å². The Bertz CT molecular complexity index is 309. The number of Topliss-reactive ketones (excluding diaryl/α,β-unsaturated/α-hetero) is 1. The highest BCUT2D eigenvalue weighted by Crippen LogP contribution is 2.27. The molecular formula is C11H15BrOS. The molecule has 0 radical (unpaired) electrons. The number of thiophene rings is 1. The maximum Gasteiger partial charge on any atom is 0.172 e. The first-order valence-electron chi connectivity index (χ1n) is 4.80. The zero-order valence-corrected chi connectivity index (χ0v) is 11.2. The molecule has 1 rings (SSSR count). The van der Waals surface area contributed by atoms with Crippen molar-refractivity contribution in [1.82, 2.24) is 0 Å². The molecule has 0 fully saturated rings. The zero-order valence-electron chi connectivity index (χ0n) is 8.76. The summed E-state index contributed by atoms with van der Waals surface area (Å²) in [5.74, 6) is 0.876. The largest absolute Gasteiger partial charge is 0.293 e. The minimum atomic E-state index is 0.275. The van der Waals surface area contributed by atoms with E-state index in [0.717, 1.165) is 15.8 Å². The monoisotopic (exact) mass is 274 g/mol. The third-order valence-electron chi connectivity index (χ3n) is 2.08. The molecular weight excluding hydrogens is 260 g/mol. The predicted octanol–water partition coefficient (Wildman–Crippen LogP) is 4.44. The molecule has 0 aliphatic rings. The summed E-state index contributed by atoms with van der Waals surface area (Å²) in [6.45, 7) is 6.31. The summed E-state index contributed by atoms with van der Waals surface area (Å²) in [4.78, 5) is 13.8. The summed E-state index contributed by atoms with van der Waals surface area (Å²) in [5, 5.41) is 0. The molecule has 0 saturated heterocycles. The van der Waals surface area contributed by atoms with E-state index < -0.39 is 0 Å². The summed E-state index contributed by atoms with van der Waals surface area (Å²) >= 11 is 5.00. The maximum atomic E-state index is 11.7. The van der Waals surface area contributed by atoms with Gasteiger partial charge in [-0.3, -0.25) is 4.79 Å². The molecule has 0 spiro atoms. The summed E-state index contributed by atoms with van der Waals surface area (Å²) in [6.07, 6.45) is 1.65. The van der Waals surface area contributed by atoms with Gasteiger partial charge in [-0.25, -0.2) is 0 Å². The number of carbonyl (C=O) groups is 1. The second-order valence-electron chi connectivity index (χ2n) is 3.87. The molecule has 1 heterocycles. The Morgan fingerprint density at radius 1 is 1.57 bits per heavy atom. The third-order valence-corrected chi connectivity index (χ3v) is 4.26. The fourth-order valence-corrected chi connectivity index (χ4v) is 2.64. The molecule has 0 unspecified atom stereocenters. The fraction of sp³-hybridized carbons (Fsp3) is 0.545. The van der Waals surface area contributed by atoms with Crippen molar-refractivity contribution < 1.29 is 4.79 Å². The minimum absolute atomic E-state index is 0.275. The van der Waals surface area contributed by atoms with Crippen LogP contribution in [0.4, 0.5) is 0 Å². The van der Waals surface area contributed by atoms with Crippen molar-refractivity contribution in [2.45, 2.75) is 33.6 Å². The van der Waals surface area contributed by atoms with Crippen LogP contribution in [0.15, 0.2) is 10.5 Å². The van der Waals surface area contributed by atoms with Gasteiger partial charge in [0.1, 0.15) is 0 Å². The van der Waals surface area contributed by atoms with E-state index in [4.69, 9.17) is 0 Å². The van der Waals surface area contributed by atoms with Crippen LogP contribution in [0, 0.1) is 12.8 Å². The molecule has 78 valence electrons. The van der Waals surface area contributed by atoms with Gasteiger partial charge in [0.15, 0.2) is 5.78 Å². The highest BCUT2D eigenvalue weighted by atomic mass is 79.9. The van der Waals surface area contributed by atoms with E-state index in [9.17, 15) is 4.79 Å². The van der Waals surface area contributed by atoms with Gasteiger partial charge in [0.2, 0.25) is 0 Å². The van der Waals surface area contributed by atoms with E-state index >= 15 is 0 Å². The lowest BCUT2D eigenvalue weighted by Crippen LogP contribution is -1.98. The van der Waals surface area contributed by atoms with Crippen molar-refractivity contribution in [3.05, 3.63) is 20.3 Å². The molecule has 14 heavy (non-hydrogen) atoms. The Kier molecular flexibility index (Phi) is 4.32. The molecule has 0 amide bonds. The second kappa shape index (κ2) is 5.08. The molecule has 1 aromatic heterocycles.